The Morgan fingerprint density at radius 3 is 2.67 bits per heavy atom. The molecule has 6 heteroatoms. The second-order valence-corrected chi connectivity index (χ2v) is 7.53. The maximum atomic E-state index is 12.2. The number of nitriles is 1. The highest BCUT2D eigenvalue weighted by Gasteiger charge is 2.24. The molecule has 114 valence electrons. The van der Waals surface area contributed by atoms with Crippen LogP contribution in [0, 0.1) is 17.2 Å². The highest BCUT2D eigenvalue weighted by Crippen LogP contribution is 2.20. The molecule has 0 unspecified atom stereocenters. The largest absolute Gasteiger partial charge is 0.396 e. The molecule has 2 rings (SSSR count). The van der Waals surface area contributed by atoms with Gasteiger partial charge in [0.2, 0.25) is 0 Å². The minimum absolute atomic E-state index is 0.0880. The minimum Gasteiger partial charge on any atom is -0.396 e. The Labute approximate surface area is 125 Å². The lowest BCUT2D eigenvalue weighted by molar-refractivity contribution is 0.253. The van der Waals surface area contributed by atoms with Crippen molar-refractivity contribution in [2.45, 2.75) is 17.7 Å². The molecule has 5 nitrogen and oxygen atoms in total. The van der Waals surface area contributed by atoms with Crippen LogP contribution in [0.2, 0.25) is 0 Å². The van der Waals surface area contributed by atoms with Gasteiger partial charge in [0.05, 0.1) is 22.3 Å². The highest BCUT2D eigenvalue weighted by molar-refractivity contribution is 7.91. The van der Waals surface area contributed by atoms with Gasteiger partial charge in [-0.3, -0.25) is 0 Å². The predicted molar refractivity (Wildman–Crippen MR) is 79.5 cm³/mol. The molecule has 0 bridgehead atoms. The summed E-state index contributed by atoms with van der Waals surface area (Å²) in [6.45, 7) is 2.48. The summed E-state index contributed by atoms with van der Waals surface area (Å²) in [5.41, 5.74) is 0.459. The number of hydrogen-bond donors (Lipinski definition) is 1. The molecule has 0 amide bonds. The van der Waals surface area contributed by atoms with Crippen LogP contribution >= 0.6 is 0 Å². The van der Waals surface area contributed by atoms with Gasteiger partial charge in [-0.15, -0.1) is 0 Å². The zero-order valence-corrected chi connectivity index (χ0v) is 12.7. The third kappa shape index (κ3) is 4.27. The first-order valence-corrected chi connectivity index (χ1v) is 8.76. The van der Waals surface area contributed by atoms with Crippen molar-refractivity contribution in [3.63, 3.8) is 0 Å². The molecular formula is C15H20N2O3S. The van der Waals surface area contributed by atoms with E-state index in [-0.39, 0.29) is 17.3 Å². The average molecular weight is 308 g/mol. The highest BCUT2D eigenvalue weighted by atomic mass is 32.2. The number of aliphatic hydroxyl groups excluding tert-OH is 1. The molecule has 1 fully saturated rings. The molecular weight excluding hydrogens is 288 g/mol. The van der Waals surface area contributed by atoms with E-state index in [1.165, 1.54) is 24.3 Å². The molecule has 1 atom stereocenters. The first-order valence-electron chi connectivity index (χ1n) is 7.11. The molecule has 0 aliphatic carbocycles. The summed E-state index contributed by atoms with van der Waals surface area (Å²) >= 11 is 0. The quantitative estimate of drug-likeness (QED) is 0.849. The fraction of sp³-hybridized carbons (Fsp3) is 0.533. The third-order valence-corrected chi connectivity index (χ3v) is 5.64. The van der Waals surface area contributed by atoms with Crippen LogP contribution in [0.15, 0.2) is 29.2 Å². The molecule has 0 saturated carbocycles. The maximum Gasteiger partial charge on any atom is 0.179 e. The fourth-order valence-corrected chi connectivity index (χ4v) is 3.92. The number of benzene rings is 1. The molecule has 1 N–H and O–H groups in total. The van der Waals surface area contributed by atoms with Crippen molar-refractivity contribution in [2.24, 2.45) is 5.92 Å². The smallest absolute Gasteiger partial charge is 0.179 e. The predicted octanol–water partition coefficient (Wildman–Crippen LogP) is 1.04. The Kier molecular flexibility index (Phi) is 5.34. The van der Waals surface area contributed by atoms with Gasteiger partial charge in [0.1, 0.15) is 0 Å². The summed E-state index contributed by atoms with van der Waals surface area (Å²) in [7, 11) is -3.30. The Balaban J connectivity index is 1.91. The number of hydrogen-bond acceptors (Lipinski definition) is 5. The molecule has 1 saturated heterocycles. The topological polar surface area (TPSA) is 81.4 Å². The van der Waals surface area contributed by atoms with Crippen LogP contribution in [0.25, 0.3) is 0 Å². The molecule has 0 radical (unpaired) electrons. The van der Waals surface area contributed by atoms with E-state index in [9.17, 15) is 8.42 Å². The van der Waals surface area contributed by atoms with Crippen LogP contribution in [-0.2, 0) is 9.84 Å². The van der Waals surface area contributed by atoms with Gasteiger partial charge in [-0.25, -0.2) is 8.42 Å². The second kappa shape index (κ2) is 7.03. The lowest BCUT2D eigenvalue weighted by atomic mass is 10.1. The summed E-state index contributed by atoms with van der Waals surface area (Å²) in [6, 6.07) is 8.02. The van der Waals surface area contributed by atoms with Crippen LogP contribution in [0.3, 0.4) is 0 Å². The van der Waals surface area contributed by atoms with E-state index in [0.717, 1.165) is 25.9 Å². The van der Waals surface area contributed by atoms with E-state index in [1.54, 1.807) is 0 Å². The van der Waals surface area contributed by atoms with Crippen molar-refractivity contribution in [3.05, 3.63) is 29.8 Å². The molecule has 1 heterocycles. The molecule has 0 aromatic heterocycles. The van der Waals surface area contributed by atoms with Crippen LogP contribution in [0.5, 0.6) is 0 Å². The average Bonchev–Trinajstić information content (AvgIpc) is 2.93. The summed E-state index contributed by atoms with van der Waals surface area (Å²) in [6.07, 6.45) is 1.82. The van der Waals surface area contributed by atoms with Gasteiger partial charge < -0.3 is 10.0 Å². The summed E-state index contributed by atoms with van der Waals surface area (Å²) in [5, 5.41) is 17.6. The zero-order chi connectivity index (χ0) is 15.3. The van der Waals surface area contributed by atoms with Crippen LogP contribution in [0.4, 0.5) is 0 Å². The standard InChI is InChI=1S/C15H20N2O3S/c16-11-13-1-3-15(4-2-13)21(19,20)10-8-17-7-5-14(12-17)6-9-18/h1-4,14,18H,5-10,12H2/t14-/m1/s1. The minimum atomic E-state index is -3.30. The van der Waals surface area contributed by atoms with E-state index in [0.29, 0.717) is 18.0 Å². The van der Waals surface area contributed by atoms with Crippen LogP contribution < -0.4 is 0 Å². The van der Waals surface area contributed by atoms with Gasteiger partial charge in [-0.1, -0.05) is 0 Å². The summed E-state index contributed by atoms with van der Waals surface area (Å²) in [4.78, 5) is 2.41. The summed E-state index contributed by atoms with van der Waals surface area (Å²) in [5.74, 6) is 0.567. The van der Waals surface area contributed by atoms with Gasteiger partial charge in [0.15, 0.2) is 9.84 Å². The van der Waals surface area contributed by atoms with E-state index in [1.807, 2.05) is 6.07 Å². The lowest BCUT2D eigenvalue weighted by Gasteiger charge is -2.15. The van der Waals surface area contributed by atoms with Crippen molar-refractivity contribution >= 4 is 9.84 Å². The van der Waals surface area contributed by atoms with Gasteiger partial charge in [-0.05, 0) is 49.6 Å². The van der Waals surface area contributed by atoms with E-state index in [4.69, 9.17) is 10.4 Å². The van der Waals surface area contributed by atoms with E-state index < -0.39 is 9.84 Å². The van der Waals surface area contributed by atoms with Crippen LogP contribution in [-0.4, -0.2) is 50.4 Å². The number of rotatable bonds is 6. The van der Waals surface area contributed by atoms with Crippen molar-refractivity contribution < 1.29 is 13.5 Å². The van der Waals surface area contributed by atoms with Crippen molar-refractivity contribution in [1.82, 2.24) is 4.90 Å². The van der Waals surface area contributed by atoms with Crippen molar-refractivity contribution in [1.29, 1.82) is 5.26 Å². The Bertz CT molecular complexity index is 605. The molecule has 1 aromatic rings. The number of nitrogens with zero attached hydrogens (tertiary/aromatic N) is 2. The lowest BCUT2D eigenvalue weighted by Crippen LogP contribution is -2.27. The Morgan fingerprint density at radius 1 is 1.33 bits per heavy atom. The zero-order valence-electron chi connectivity index (χ0n) is 11.9. The van der Waals surface area contributed by atoms with Gasteiger partial charge in [0.25, 0.3) is 0 Å². The number of aliphatic hydroxyl groups is 1. The molecule has 0 spiro atoms. The normalized spacial score (nSPS) is 19.5. The Hall–Kier alpha value is -1.42. The Morgan fingerprint density at radius 2 is 2.05 bits per heavy atom. The van der Waals surface area contributed by atoms with Crippen molar-refractivity contribution in [2.75, 3.05) is 32.0 Å². The SMILES string of the molecule is N#Cc1ccc(S(=O)(=O)CCN2CC[C@H](CCO)C2)cc1. The number of sulfone groups is 1. The van der Waals surface area contributed by atoms with Gasteiger partial charge in [-0.2, -0.15) is 5.26 Å². The monoisotopic (exact) mass is 308 g/mol. The van der Waals surface area contributed by atoms with Crippen LogP contribution in [0.1, 0.15) is 18.4 Å². The molecule has 21 heavy (non-hydrogen) atoms. The first kappa shape index (κ1) is 16.0. The van der Waals surface area contributed by atoms with E-state index in [2.05, 4.69) is 4.90 Å². The maximum absolute atomic E-state index is 12.2. The molecule has 1 aromatic carbocycles. The molecule has 1 aliphatic heterocycles. The summed E-state index contributed by atoms with van der Waals surface area (Å²) < 4.78 is 24.5. The fourth-order valence-electron chi connectivity index (χ4n) is 2.64. The second-order valence-electron chi connectivity index (χ2n) is 5.42. The van der Waals surface area contributed by atoms with Gasteiger partial charge in [0, 0.05) is 19.7 Å². The van der Waals surface area contributed by atoms with Crippen molar-refractivity contribution in [3.8, 4) is 6.07 Å². The van der Waals surface area contributed by atoms with Gasteiger partial charge >= 0.3 is 0 Å². The first-order chi connectivity index (χ1) is 10.0. The molecule has 1 aliphatic rings. The van der Waals surface area contributed by atoms with E-state index >= 15 is 0 Å². The third-order valence-electron chi connectivity index (χ3n) is 3.93. The number of likely N-dealkylation sites (tertiary alicyclic amines) is 1.